The second-order valence-electron chi connectivity index (χ2n) is 6.70. The van der Waals surface area contributed by atoms with Crippen LogP contribution in [0, 0.1) is 5.92 Å². The summed E-state index contributed by atoms with van der Waals surface area (Å²) in [4.78, 5) is 4.77. The van der Waals surface area contributed by atoms with Crippen molar-refractivity contribution in [1.29, 1.82) is 0 Å². The second-order valence-corrected chi connectivity index (χ2v) is 6.70. The molecule has 0 spiro atoms. The fraction of sp³-hybridized carbons (Fsp3) is 0.789. The predicted molar refractivity (Wildman–Crippen MR) is 118 cm³/mol. The standard InChI is InChI=1S/C19H35N5O.HI/c1-5-17-16(18(6-2)24(4)23-17)13-22-19(20-7-3)21-11-8-12-25-14-15-9-10-15;/h15H,5-14H2,1-4H3,(H2,20,21,22);1H. The molecule has 2 rings (SSSR count). The Kier molecular flexibility index (Phi) is 11.2. The van der Waals surface area contributed by atoms with Crippen molar-refractivity contribution in [2.24, 2.45) is 18.0 Å². The molecule has 0 aliphatic heterocycles. The molecule has 1 heterocycles. The molecule has 2 N–H and O–H groups in total. The van der Waals surface area contributed by atoms with Gasteiger partial charge in [-0.2, -0.15) is 5.10 Å². The number of nitrogens with one attached hydrogen (secondary N) is 2. The highest BCUT2D eigenvalue weighted by molar-refractivity contribution is 14.0. The van der Waals surface area contributed by atoms with E-state index in [2.05, 4.69) is 36.5 Å². The SMILES string of the molecule is CCNC(=NCc1c(CC)nn(C)c1CC)NCCCOCC1CC1.I. The van der Waals surface area contributed by atoms with Crippen molar-refractivity contribution in [2.45, 2.75) is 59.4 Å². The molecule has 26 heavy (non-hydrogen) atoms. The average molecular weight is 477 g/mol. The van der Waals surface area contributed by atoms with Crippen LogP contribution in [0.1, 0.15) is 57.0 Å². The number of nitrogens with zero attached hydrogens (tertiary/aromatic N) is 3. The monoisotopic (exact) mass is 477 g/mol. The summed E-state index contributed by atoms with van der Waals surface area (Å²) in [7, 11) is 2.02. The number of hydrogen-bond donors (Lipinski definition) is 2. The Bertz CT molecular complexity index is 554. The van der Waals surface area contributed by atoms with Crippen LogP contribution in [0.15, 0.2) is 4.99 Å². The predicted octanol–water partition coefficient (Wildman–Crippen LogP) is 3.03. The van der Waals surface area contributed by atoms with Crippen LogP contribution in [-0.4, -0.2) is 42.0 Å². The van der Waals surface area contributed by atoms with Gasteiger partial charge in [-0.15, -0.1) is 24.0 Å². The largest absolute Gasteiger partial charge is 0.381 e. The maximum absolute atomic E-state index is 5.68. The van der Waals surface area contributed by atoms with Crippen molar-refractivity contribution < 1.29 is 4.74 Å². The summed E-state index contributed by atoms with van der Waals surface area (Å²) in [5.41, 5.74) is 3.72. The lowest BCUT2D eigenvalue weighted by Gasteiger charge is -2.12. The zero-order chi connectivity index (χ0) is 18.1. The van der Waals surface area contributed by atoms with Crippen LogP contribution in [0.25, 0.3) is 0 Å². The number of rotatable bonds is 11. The molecule has 0 bridgehead atoms. The molecule has 6 nitrogen and oxygen atoms in total. The third-order valence-electron chi connectivity index (χ3n) is 4.58. The van der Waals surface area contributed by atoms with Crippen LogP contribution in [0.3, 0.4) is 0 Å². The van der Waals surface area contributed by atoms with Crippen molar-refractivity contribution in [2.75, 3.05) is 26.3 Å². The van der Waals surface area contributed by atoms with E-state index < -0.39 is 0 Å². The van der Waals surface area contributed by atoms with E-state index >= 15 is 0 Å². The van der Waals surface area contributed by atoms with Crippen LogP contribution < -0.4 is 10.6 Å². The lowest BCUT2D eigenvalue weighted by atomic mass is 10.1. The smallest absolute Gasteiger partial charge is 0.191 e. The van der Waals surface area contributed by atoms with Gasteiger partial charge < -0.3 is 15.4 Å². The molecule has 1 aromatic heterocycles. The van der Waals surface area contributed by atoms with Gasteiger partial charge in [-0.25, -0.2) is 4.99 Å². The van der Waals surface area contributed by atoms with Gasteiger partial charge in [-0.05, 0) is 44.9 Å². The lowest BCUT2D eigenvalue weighted by molar-refractivity contribution is 0.123. The molecule has 1 aliphatic rings. The molecule has 0 amide bonds. The van der Waals surface area contributed by atoms with Crippen LogP contribution in [0.4, 0.5) is 0 Å². The fourth-order valence-corrected chi connectivity index (χ4v) is 2.99. The van der Waals surface area contributed by atoms with Gasteiger partial charge >= 0.3 is 0 Å². The molecular formula is C19H36IN5O. The molecule has 1 aliphatic carbocycles. The molecular weight excluding hydrogens is 441 g/mol. The van der Waals surface area contributed by atoms with E-state index in [1.807, 2.05) is 11.7 Å². The maximum Gasteiger partial charge on any atom is 0.191 e. The summed E-state index contributed by atoms with van der Waals surface area (Å²) < 4.78 is 7.68. The first kappa shape index (κ1) is 23.2. The molecule has 1 fully saturated rings. The van der Waals surface area contributed by atoms with E-state index in [4.69, 9.17) is 9.73 Å². The van der Waals surface area contributed by atoms with Crippen molar-refractivity contribution >= 4 is 29.9 Å². The minimum Gasteiger partial charge on any atom is -0.381 e. The van der Waals surface area contributed by atoms with Crippen molar-refractivity contribution in [3.05, 3.63) is 17.0 Å². The topological polar surface area (TPSA) is 63.5 Å². The van der Waals surface area contributed by atoms with Gasteiger partial charge in [0.25, 0.3) is 0 Å². The normalized spacial score (nSPS) is 14.2. The minimum absolute atomic E-state index is 0. The molecule has 0 atom stereocenters. The molecule has 0 unspecified atom stereocenters. The minimum atomic E-state index is 0. The zero-order valence-electron chi connectivity index (χ0n) is 16.8. The molecule has 0 radical (unpaired) electrons. The van der Waals surface area contributed by atoms with Gasteiger partial charge in [0, 0.05) is 44.6 Å². The van der Waals surface area contributed by atoms with Gasteiger partial charge in [-0.1, -0.05) is 13.8 Å². The number of hydrogen-bond acceptors (Lipinski definition) is 3. The Labute approximate surface area is 175 Å². The van der Waals surface area contributed by atoms with Gasteiger partial charge in [0.1, 0.15) is 0 Å². The number of aryl methyl sites for hydroxylation is 2. The molecule has 1 saturated carbocycles. The van der Waals surface area contributed by atoms with Crippen molar-refractivity contribution in [3.63, 3.8) is 0 Å². The zero-order valence-corrected chi connectivity index (χ0v) is 19.1. The van der Waals surface area contributed by atoms with E-state index in [0.717, 1.165) is 63.1 Å². The Hall–Kier alpha value is -0.830. The Morgan fingerprint density at radius 1 is 1.23 bits per heavy atom. The summed E-state index contributed by atoms with van der Waals surface area (Å²) >= 11 is 0. The second kappa shape index (κ2) is 12.5. The first-order valence-corrected chi connectivity index (χ1v) is 9.83. The molecule has 0 saturated heterocycles. The van der Waals surface area contributed by atoms with E-state index in [9.17, 15) is 0 Å². The Morgan fingerprint density at radius 2 is 2.00 bits per heavy atom. The number of halogens is 1. The van der Waals surface area contributed by atoms with Gasteiger partial charge in [-0.3, -0.25) is 4.68 Å². The van der Waals surface area contributed by atoms with Crippen LogP contribution in [-0.2, 0) is 31.2 Å². The highest BCUT2D eigenvalue weighted by Crippen LogP contribution is 2.28. The fourth-order valence-electron chi connectivity index (χ4n) is 2.99. The van der Waals surface area contributed by atoms with E-state index in [-0.39, 0.29) is 24.0 Å². The third kappa shape index (κ3) is 7.42. The van der Waals surface area contributed by atoms with Gasteiger partial charge in [0.2, 0.25) is 0 Å². The number of aliphatic imine (C=N–C) groups is 1. The summed E-state index contributed by atoms with van der Waals surface area (Å²) in [5.74, 6) is 1.71. The van der Waals surface area contributed by atoms with Crippen LogP contribution >= 0.6 is 24.0 Å². The quantitative estimate of drug-likeness (QED) is 0.223. The molecule has 0 aromatic carbocycles. The van der Waals surface area contributed by atoms with Crippen molar-refractivity contribution in [1.82, 2.24) is 20.4 Å². The van der Waals surface area contributed by atoms with Gasteiger partial charge in [0.05, 0.1) is 12.2 Å². The lowest BCUT2D eigenvalue weighted by Crippen LogP contribution is -2.38. The summed E-state index contributed by atoms with van der Waals surface area (Å²) in [5, 5.41) is 11.4. The number of ether oxygens (including phenoxy) is 1. The molecule has 7 heteroatoms. The highest BCUT2D eigenvalue weighted by Gasteiger charge is 2.20. The maximum atomic E-state index is 5.68. The van der Waals surface area contributed by atoms with E-state index in [0.29, 0.717) is 6.54 Å². The van der Waals surface area contributed by atoms with E-state index in [1.54, 1.807) is 0 Å². The Balaban J connectivity index is 0.00000338. The average Bonchev–Trinajstić information content (AvgIpc) is 3.38. The van der Waals surface area contributed by atoms with Crippen LogP contribution in [0.2, 0.25) is 0 Å². The third-order valence-corrected chi connectivity index (χ3v) is 4.58. The molecule has 150 valence electrons. The van der Waals surface area contributed by atoms with E-state index in [1.165, 1.54) is 24.1 Å². The highest BCUT2D eigenvalue weighted by atomic mass is 127. The molecule has 1 aromatic rings. The van der Waals surface area contributed by atoms with Crippen LogP contribution in [0.5, 0.6) is 0 Å². The van der Waals surface area contributed by atoms with Gasteiger partial charge in [0.15, 0.2) is 5.96 Å². The summed E-state index contributed by atoms with van der Waals surface area (Å²) in [6.45, 7) is 10.6. The van der Waals surface area contributed by atoms with Crippen molar-refractivity contribution in [3.8, 4) is 0 Å². The summed E-state index contributed by atoms with van der Waals surface area (Å²) in [6.07, 6.45) is 5.63. The Morgan fingerprint density at radius 3 is 2.62 bits per heavy atom. The first-order chi connectivity index (χ1) is 12.2. The summed E-state index contributed by atoms with van der Waals surface area (Å²) in [6, 6.07) is 0. The number of aromatic nitrogens is 2. The number of guanidine groups is 1. The first-order valence-electron chi connectivity index (χ1n) is 9.83.